The molecular formula is C13H20O13S2. The van der Waals surface area contributed by atoms with Crippen molar-refractivity contribution in [2.75, 3.05) is 6.61 Å². The lowest BCUT2D eigenvalue weighted by atomic mass is 10.1. The van der Waals surface area contributed by atoms with Crippen molar-refractivity contribution in [1.29, 1.82) is 0 Å². The molecule has 2 rings (SSSR count). The third kappa shape index (κ3) is 6.16. The minimum atomic E-state index is -5.09. The second-order valence-electron chi connectivity index (χ2n) is 6.50. The second-order valence-corrected chi connectivity index (χ2v) is 8.59. The Balaban J connectivity index is 2.30. The average Bonchev–Trinajstić information content (AvgIpc) is 2.93. The van der Waals surface area contributed by atoms with E-state index >= 15 is 0 Å². The molecule has 0 amide bonds. The first-order chi connectivity index (χ1) is 12.6. The molecule has 13 nitrogen and oxygen atoms in total. The Morgan fingerprint density at radius 1 is 1.18 bits per heavy atom. The maximum absolute atomic E-state index is 11.6. The molecule has 2 N–H and O–H groups in total. The van der Waals surface area contributed by atoms with E-state index in [2.05, 4.69) is 14.9 Å². The molecule has 0 aromatic carbocycles. The summed E-state index contributed by atoms with van der Waals surface area (Å²) in [5.41, 5.74) is -0.0195. The molecule has 0 radical (unpaired) electrons. The van der Waals surface area contributed by atoms with E-state index in [0.717, 1.165) is 0 Å². The zero-order chi connectivity index (χ0) is 21.5. The van der Waals surface area contributed by atoms with Crippen molar-refractivity contribution in [1.82, 2.24) is 0 Å². The van der Waals surface area contributed by atoms with Crippen LogP contribution in [-0.4, -0.2) is 75.0 Å². The third-order valence-corrected chi connectivity index (χ3v) is 4.55. The number of esters is 1. The fourth-order valence-corrected chi connectivity index (χ4v) is 3.65. The van der Waals surface area contributed by atoms with E-state index in [4.69, 9.17) is 28.1 Å². The highest BCUT2D eigenvalue weighted by Crippen LogP contribution is 2.40. The minimum absolute atomic E-state index is 0.0195. The molecule has 15 heteroatoms. The van der Waals surface area contributed by atoms with Crippen LogP contribution in [0.5, 0.6) is 0 Å². The first-order valence-corrected chi connectivity index (χ1v) is 10.5. The fraction of sp³-hybridized carbons (Fsp3) is 0.769. The Kier molecular flexibility index (Phi) is 6.54. The summed E-state index contributed by atoms with van der Waals surface area (Å²) in [6.45, 7) is 6.85. The van der Waals surface area contributed by atoms with Gasteiger partial charge >= 0.3 is 26.8 Å². The number of rotatable bonds is 8. The van der Waals surface area contributed by atoms with Gasteiger partial charge in [0.2, 0.25) is 0 Å². The molecular weight excluding hydrogens is 428 g/mol. The first-order valence-electron chi connectivity index (χ1n) is 7.73. The van der Waals surface area contributed by atoms with E-state index in [9.17, 15) is 21.6 Å². The van der Waals surface area contributed by atoms with Crippen LogP contribution < -0.4 is 0 Å². The molecule has 162 valence electrons. The SMILES string of the molecule is C=C(C)C(=O)OC[C@@H](OS(=O)(=O)O)[C@H]1O[C@@H]2OC(C)(C)O[C@@H]2[C@H]1OS(=O)(=O)O. The van der Waals surface area contributed by atoms with Crippen molar-refractivity contribution in [2.45, 2.75) is 57.3 Å². The summed E-state index contributed by atoms with van der Waals surface area (Å²) < 4.78 is 92.9. The van der Waals surface area contributed by atoms with E-state index in [1.807, 2.05) is 0 Å². The van der Waals surface area contributed by atoms with Crippen molar-refractivity contribution in [3.63, 3.8) is 0 Å². The highest BCUT2D eigenvalue weighted by molar-refractivity contribution is 7.81. The van der Waals surface area contributed by atoms with E-state index < -0.39 is 69.9 Å². The van der Waals surface area contributed by atoms with Crippen LogP contribution in [0.3, 0.4) is 0 Å². The minimum Gasteiger partial charge on any atom is -0.459 e. The Morgan fingerprint density at radius 3 is 2.29 bits per heavy atom. The fourth-order valence-electron chi connectivity index (χ4n) is 2.67. The van der Waals surface area contributed by atoms with Gasteiger partial charge in [0.05, 0.1) is 0 Å². The number of hydrogen-bond donors (Lipinski definition) is 2. The topological polar surface area (TPSA) is 181 Å². The van der Waals surface area contributed by atoms with E-state index in [1.54, 1.807) is 0 Å². The first kappa shape index (κ1) is 23.1. The molecule has 2 aliphatic heterocycles. The monoisotopic (exact) mass is 448 g/mol. The van der Waals surface area contributed by atoms with Gasteiger partial charge in [0, 0.05) is 5.57 Å². The highest BCUT2D eigenvalue weighted by Gasteiger charge is 2.59. The number of fused-ring (bicyclic) bond motifs is 1. The predicted molar refractivity (Wildman–Crippen MR) is 87.3 cm³/mol. The van der Waals surface area contributed by atoms with Crippen LogP contribution in [-0.2, 0) is 52.9 Å². The number of carbonyl (C=O) groups is 1. The lowest BCUT2D eigenvalue weighted by Gasteiger charge is -2.28. The Labute approximate surface area is 161 Å². The van der Waals surface area contributed by atoms with Gasteiger partial charge in [-0.25, -0.2) is 13.2 Å². The molecule has 2 saturated heterocycles. The van der Waals surface area contributed by atoms with Crippen molar-refractivity contribution in [3.05, 3.63) is 12.2 Å². The van der Waals surface area contributed by atoms with Crippen LogP contribution >= 0.6 is 0 Å². The van der Waals surface area contributed by atoms with Crippen LogP contribution in [0.2, 0.25) is 0 Å². The molecule has 0 aromatic rings. The van der Waals surface area contributed by atoms with Gasteiger partial charge in [-0.05, 0) is 20.8 Å². The van der Waals surface area contributed by atoms with Crippen molar-refractivity contribution in [2.24, 2.45) is 0 Å². The number of carbonyl (C=O) groups excluding carboxylic acids is 1. The van der Waals surface area contributed by atoms with Gasteiger partial charge in [-0.2, -0.15) is 16.8 Å². The van der Waals surface area contributed by atoms with Crippen LogP contribution in [0, 0.1) is 0 Å². The molecule has 5 atom stereocenters. The quantitative estimate of drug-likeness (QED) is 0.272. The van der Waals surface area contributed by atoms with Gasteiger partial charge in [-0.15, -0.1) is 0 Å². The van der Waals surface area contributed by atoms with Crippen molar-refractivity contribution >= 4 is 26.8 Å². The summed E-state index contributed by atoms with van der Waals surface area (Å²) in [5, 5.41) is 0. The van der Waals surface area contributed by atoms with Gasteiger partial charge < -0.3 is 18.9 Å². The summed E-state index contributed by atoms with van der Waals surface area (Å²) >= 11 is 0. The van der Waals surface area contributed by atoms with Crippen LogP contribution in [0.15, 0.2) is 12.2 Å². The maximum Gasteiger partial charge on any atom is 0.397 e. The third-order valence-electron chi connectivity index (χ3n) is 3.60. The van der Waals surface area contributed by atoms with Gasteiger partial charge in [0.15, 0.2) is 12.1 Å². The molecule has 28 heavy (non-hydrogen) atoms. The highest BCUT2D eigenvalue weighted by atomic mass is 32.3. The normalized spacial score (nSPS) is 30.6. The summed E-state index contributed by atoms with van der Waals surface area (Å²) in [6, 6.07) is 0. The summed E-state index contributed by atoms with van der Waals surface area (Å²) in [7, 11) is -10.1. The molecule has 0 unspecified atom stereocenters. The second kappa shape index (κ2) is 7.92. The predicted octanol–water partition coefficient (Wildman–Crippen LogP) is -0.642. The summed E-state index contributed by atoms with van der Waals surface area (Å²) in [6.07, 6.45) is -7.47. The Morgan fingerprint density at radius 2 is 1.79 bits per heavy atom. The molecule has 2 fully saturated rings. The van der Waals surface area contributed by atoms with Crippen LogP contribution in [0.25, 0.3) is 0 Å². The zero-order valence-electron chi connectivity index (χ0n) is 15.0. The largest absolute Gasteiger partial charge is 0.459 e. The van der Waals surface area contributed by atoms with Crippen LogP contribution in [0.4, 0.5) is 0 Å². The standard InChI is InChI=1S/C13H20O13S2/c1-6(2)11(14)21-5-7(25-27(15,16)17)8-9(26-28(18,19)20)10-12(22-8)24-13(3,4)23-10/h7-10,12H,1,5H2,2-4H3,(H,15,16,17)(H,18,19,20)/t7-,8-,9+,10-,12-/m1/s1. The Bertz CT molecular complexity index is 830. The van der Waals surface area contributed by atoms with Gasteiger partial charge in [-0.3, -0.25) is 9.11 Å². The lowest BCUT2D eigenvalue weighted by molar-refractivity contribution is -0.224. The molecule has 0 aliphatic carbocycles. The lowest BCUT2D eigenvalue weighted by Crippen LogP contribution is -2.47. The summed E-state index contributed by atoms with van der Waals surface area (Å²) in [4.78, 5) is 11.6. The van der Waals surface area contributed by atoms with E-state index in [-0.39, 0.29) is 5.57 Å². The Hall–Kier alpha value is -1.17. The van der Waals surface area contributed by atoms with Gasteiger partial charge in [0.25, 0.3) is 0 Å². The zero-order valence-corrected chi connectivity index (χ0v) is 16.6. The van der Waals surface area contributed by atoms with Crippen molar-refractivity contribution in [3.8, 4) is 0 Å². The van der Waals surface area contributed by atoms with E-state index in [1.165, 1.54) is 20.8 Å². The van der Waals surface area contributed by atoms with Gasteiger partial charge in [0.1, 0.15) is 31.0 Å². The number of ether oxygens (including phenoxy) is 4. The molecule has 0 bridgehead atoms. The average molecular weight is 448 g/mol. The smallest absolute Gasteiger partial charge is 0.397 e. The number of hydrogen-bond acceptors (Lipinski definition) is 11. The van der Waals surface area contributed by atoms with Crippen LogP contribution in [0.1, 0.15) is 20.8 Å². The summed E-state index contributed by atoms with van der Waals surface area (Å²) in [5.74, 6) is -2.12. The van der Waals surface area contributed by atoms with E-state index in [0.29, 0.717) is 0 Å². The molecule has 0 spiro atoms. The molecule has 2 heterocycles. The maximum atomic E-state index is 11.6. The van der Waals surface area contributed by atoms with Gasteiger partial charge in [-0.1, -0.05) is 6.58 Å². The molecule has 2 aliphatic rings. The molecule has 0 saturated carbocycles. The molecule has 0 aromatic heterocycles. The van der Waals surface area contributed by atoms with Crippen molar-refractivity contribution < 1.29 is 58.0 Å².